The van der Waals surface area contributed by atoms with Crippen LogP contribution >= 0.6 is 0 Å². The molecule has 0 amide bonds. The van der Waals surface area contributed by atoms with E-state index in [0.717, 1.165) is 29.4 Å². The molecule has 0 unspecified atom stereocenters. The van der Waals surface area contributed by atoms with Crippen LogP contribution in [0.1, 0.15) is 0 Å². The largest absolute Gasteiger partial charge is 0.297 e. The van der Waals surface area contributed by atoms with E-state index in [2.05, 4.69) is 0 Å². The second-order valence-electron chi connectivity index (χ2n) is 9.58. The van der Waals surface area contributed by atoms with E-state index in [0.29, 0.717) is 21.5 Å². The van der Waals surface area contributed by atoms with Crippen LogP contribution in [-0.4, -0.2) is 28.5 Å². The Morgan fingerprint density at radius 2 is 0.951 bits per heavy atom. The molecule has 1 N–H and O–H groups in total. The lowest BCUT2D eigenvalue weighted by atomic mass is 9.91. The van der Waals surface area contributed by atoms with Gasteiger partial charge < -0.3 is 0 Å². The first-order chi connectivity index (χ1) is 19.7. The molecule has 8 heteroatoms. The number of benzene rings is 6. The fourth-order valence-electron chi connectivity index (χ4n) is 5.27. The van der Waals surface area contributed by atoms with Crippen molar-refractivity contribution in [1.82, 2.24) is 0 Å². The lowest BCUT2D eigenvalue weighted by Crippen LogP contribution is -2.08. The summed E-state index contributed by atoms with van der Waals surface area (Å²) in [6.45, 7) is 0. The fraction of sp³-hybridized carbons (Fsp3) is 0.0303. The van der Waals surface area contributed by atoms with Crippen molar-refractivity contribution in [3.05, 3.63) is 121 Å². The average Bonchev–Trinajstić information content (AvgIpc) is 2.99. The zero-order valence-corrected chi connectivity index (χ0v) is 23.5. The Balaban J connectivity index is 1.73. The van der Waals surface area contributed by atoms with Crippen LogP contribution in [0, 0.1) is 0 Å². The number of hydrogen-bond acceptors (Lipinski definition) is 5. The van der Waals surface area contributed by atoms with Crippen LogP contribution in [0.3, 0.4) is 0 Å². The molecule has 0 saturated heterocycles. The highest BCUT2D eigenvalue weighted by Gasteiger charge is 2.28. The fourth-order valence-corrected chi connectivity index (χ4v) is 6.86. The SMILES string of the molecule is COS(=O)(=O)c1ccc2cc(-c3ccccc3)ccc2c1-c1c(S(=O)(=O)O)ccc2cc(-c3ccccc3)ccc12. The Bertz CT molecular complexity index is 2160. The molecule has 0 aromatic heterocycles. The van der Waals surface area contributed by atoms with E-state index in [1.165, 1.54) is 12.1 Å². The molecular formula is C33H24O6S2. The van der Waals surface area contributed by atoms with Gasteiger partial charge in [0.25, 0.3) is 20.2 Å². The van der Waals surface area contributed by atoms with Crippen molar-refractivity contribution in [2.75, 3.05) is 7.11 Å². The molecule has 0 atom stereocenters. The minimum Gasteiger partial charge on any atom is -0.282 e. The molecule has 6 nitrogen and oxygen atoms in total. The van der Waals surface area contributed by atoms with Crippen LogP contribution in [-0.2, 0) is 24.4 Å². The minimum absolute atomic E-state index is 0.0818. The van der Waals surface area contributed by atoms with E-state index < -0.39 is 25.1 Å². The van der Waals surface area contributed by atoms with Gasteiger partial charge in [-0.3, -0.25) is 8.74 Å². The first-order valence-corrected chi connectivity index (χ1v) is 15.5. The van der Waals surface area contributed by atoms with Crippen molar-refractivity contribution in [1.29, 1.82) is 0 Å². The molecule has 0 bridgehead atoms. The predicted molar refractivity (Wildman–Crippen MR) is 162 cm³/mol. The zero-order valence-electron chi connectivity index (χ0n) is 21.9. The first kappa shape index (κ1) is 26.9. The molecule has 6 aromatic rings. The van der Waals surface area contributed by atoms with Crippen LogP contribution in [0.2, 0.25) is 0 Å². The van der Waals surface area contributed by atoms with E-state index in [1.54, 1.807) is 24.3 Å². The lowest BCUT2D eigenvalue weighted by Gasteiger charge is -2.18. The van der Waals surface area contributed by atoms with Crippen molar-refractivity contribution in [2.45, 2.75) is 9.79 Å². The molecule has 6 aromatic carbocycles. The predicted octanol–water partition coefficient (Wildman–Crippen LogP) is 7.58. The summed E-state index contributed by atoms with van der Waals surface area (Å²) in [6, 6.07) is 36.5. The number of hydrogen-bond donors (Lipinski definition) is 1. The zero-order chi connectivity index (χ0) is 28.8. The van der Waals surface area contributed by atoms with Gasteiger partial charge in [-0.2, -0.15) is 16.8 Å². The molecule has 0 aliphatic heterocycles. The highest BCUT2D eigenvalue weighted by Crippen LogP contribution is 2.44. The van der Waals surface area contributed by atoms with Gasteiger partial charge in [0, 0.05) is 11.1 Å². The van der Waals surface area contributed by atoms with Crippen molar-refractivity contribution in [3.8, 4) is 33.4 Å². The Morgan fingerprint density at radius 1 is 0.512 bits per heavy atom. The monoisotopic (exact) mass is 580 g/mol. The second kappa shape index (κ2) is 10.2. The molecule has 0 saturated carbocycles. The second-order valence-corrected chi connectivity index (χ2v) is 12.6. The molecule has 0 aliphatic rings. The van der Waals surface area contributed by atoms with E-state index in [4.69, 9.17) is 4.18 Å². The third-order valence-electron chi connectivity index (χ3n) is 7.19. The van der Waals surface area contributed by atoms with Gasteiger partial charge in [-0.05, 0) is 68.1 Å². The summed E-state index contributed by atoms with van der Waals surface area (Å²) in [5, 5.41) is 2.32. The molecule has 0 aliphatic carbocycles. The molecule has 0 heterocycles. The van der Waals surface area contributed by atoms with E-state index in [1.807, 2.05) is 84.9 Å². The minimum atomic E-state index is -4.76. The van der Waals surface area contributed by atoms with Crippen molar-refractivity contribution in [2.24, 2.45) is 0 Å². The van der Waals surface area contributed by atoms with Crippen LogP contribution in [0.15, 0.2) is 131 Å². The highest BCUT2D eigenvalue weighted by atomic mass is 32.2. The highest BCUT2D eigenvalue weighted by molar-refractivity contribution is 7.87. The van der Waals surface area contributed by atoms with E-state index >= 15 is 0 Å². The summed E-state index contributed by atoms with van der Waals surface area (Å²) >= 11 is 0. The van der Waals surface area contributed by atoms with Crippen LogP contribution in [0.5, 0.6) is 0 Å². The Kier molecular flexibility index (Phi) is 6.71. The summed E-state index contributed by atoms with van der Waals surface area (Å²) in [6.07, 6.45) is 0. The van der Waals surface area contributed by atoms with Gasteiger partial charge in [0.1, 0.15) is 9.79 Å². The van der Waals surface area contributed by atoms with Gasteiger partial charge in [0.15, 0.2) is 0 Å². The Labute approximate surface area is 238 Å². The van der Waals surface area contributed by atoms with E-state index in [-0.39, 0.29) is 16.0 Å². The van der Waals surface area contributed by atoms with Gasteiger partial charge in [0.2, 0.25) is 0 Å². The lowest BCUT2D eigenvalue weighted by molar-refractivity contribution is 0.398. The standard InChI is InChI=1S/C33H24O6S2/c1-39-41(37,38)31-19-15-27-21-25(23-10-6-3-7-11-23)13-17-29(27)33(31)32-28-16-12-24(22-8-4-2-5-9-22)20-26(28)14-18-30(32)40(34,35)36/h2-21H,1H3,(H,34,35,36). The maximum Gasteiger partial charge on any atom is 0.297 e. The summed E-state index contributed by atoms with van der Waals surface area (Å²) in [7, 11) is -7.99. The summed E-state index contributed by atoms with van der Waals surface area (Å²) in [4.78, 5) is -0.603. The maximum atomic E-state index is 13.2. The van der Waals surface area contributed by atoms with Gasteiger partial charge >= 0.3 is 0 Å². The molecule has 204 valence electrons. The summed E-state index contributed by atoms with van der Waals surface area (Å²) < 4.78 is 67.2. The topological polar surface area (TPSA) is 97.7 Å². The van der Waals surface area contributed by atoms with Crippen LogP contribution < -0.4 is 0 Å². The van der Waals surface area contributed by atoms with Gasteiger partial charge in [-0.15, -0.1) is 0 Å². The third-order valence-corrected chi connectivity index (χ3v) is 9.41. The number of rotatable bonds is 6. The molecule has 6 rings (SSSR count). The maximum absolute atomic E-state index is 13.2. The van der Waals surface area contributed by atoms with Crippen molar-refractivity contribution < 1.29 is 25.6 Å². The third kappa shape index (κ3) is 4.92. The number of fused-ring (bicyclic) bond motifs is 2. The van der Waals surface area contributed by atoms with E-state index in [9.17, 15) is 21.4 Å². The molecule has 41 heavy (non-hydrogen) atoms. The first-order valence-electron chi connectivity index (χ1n) is 12.7. The molecule has 0 radical (unpaired) electrons. The van der Waals surface area contributed by atoms with Gasteiger partial charge in [-0.25, -0.2) is 0 Å². The summed E-state index contributed by atoms with van der Waals surface area (Å²) in [5.74, 6) is 0. The Morgan fingerprint density at radius 3 is 1.39 bits per heavy atom. The van der Waals surface area contributed by atoms with Crippen molar-refractivity contribution >= 4 is 41.8 Å². The Hall–Kier alpha value is -4.34. The van der Waals surface area contributed by atoms with Crippen LogP contribution in [0.4, 0.5) is 0 Å². The average molecular weight is 581 g/mol. The molecule has 0 fully saturated rings. The smallest absolute Gasteiger partial charge is 0.282 e. The normalized spacial score (nSPS) is 12.1. The summed E-state index contributed by atoms with van der Waals surface area (Å²) in [5.41, 5.74) is 3.97. The van der Waals surface area contributed by atoms with Gasteiger partial charge in [0.05, 0.1) is 7.11 Å². The van der Waals surface area contributed by atoms with Gasteiger partial charge in [-0.1, -0.05) is 97.1 Å². The van der Waals surface area contributed by atoms with Crippen molar-refractivity contribution in [3.63, 3.8) is 0 Å². The van der Waals surface area contributed by atoms with Crippen LogP contribution in [0.25, 0.3) is 54.9 Å². The quantitative estimate of drug-likeness (QED) is 0.161. The molecular weight excluding hydrogens is 556 g/mol. The molecule has 0 spiro atoms.